The lowest BCUT2D eigenvalue weighted by Crippen LogP contribution is -2.45. The van der Waals surface area contributed by atoms with E-state index in [0.29, 0.717) is 26.1 Å². The molecule has 1 aromatic rings. The topological polar surface area (TPSA) is 57.0 Å². The molecule has 0 aromatic carbocycles. The van der Waals surface area contributed by atoms with Gasteiger partial charge in [-0.3, -0.25) is 14.5 Å². The van der Waals surface area contributed by atoms with Crippen molar-refractivity contribution in [2.75, 3.05) is 39.8 Å². The fourth-order valence-corrected chi connectivity index (χ4v) is 3.98. The molecule has 0 radical (unpaired) electrons. The van der Waals surface area contributed by atoms with Crippen molar-refractivity contribution in [3.63, 3.8) is 0 Å². The van der Waals surface area contributed by atoms with Crippen molar-refractivity contribution in [1.29, 1.82) is 0 Å². The summed E-state index contributed by atoms with van der Waals surface area (Å²) in [6.45, 7) is 8.29. The standard InChI is InChI=1S/C18H27N3O3/c1-14(2)17(23)21-7-6-20(10-15-5-4-8-24-15)12-18(13-21)9-16(22)19(3)11-18/h4-5,8,14H,6-7,9-13H2,1-3H3/t18-/m1/s1. The van der Waals surface area contributed by atoms with Crippen LogP contribution in [0.5, 0.6) is 0 Å². The zero-order valence-corrected chi connectivity index (χ0v) is 14.8. The van der Waals surface area contributed by atoms with Gasteiger partial charge in [0.15, 0.2) is 0 Å². The average molecular weight is 333 g/mol. The quantitative estimate of drug-likeness (QED) is 0.840. The molecule has 2 amide bonds. The summed E-state index contributed by atoms with van der Waals surface area (Å²) in [6, 6.07) is 3.87. The van der Waals surface area contributed by atoms with Crippen LogP contribution in [-0.4, -0.2) is 66.3 Å². The third kappa shape index (κ3) is 3.48. The first-order valence-electron chi connectivity index (χ1n) is 8.66. The van der Waals surface area contributed by atoms with Crippen LogP contribution in [0.4, 0.5) is 0 Å². The Morgan fingerprint density at radius 3 is 2.67 bits per heavy atom. The van der Waals surface area contributed by atoms with Crippen molar-refractivity contribution in [2.24, 2.45) is 11.3 Å². The number of nitrogens with zero attached hydrogens (tertiary/aromatic N) is 3. The van der Waals surface area contributed by atoms with Gasteiger partial charge in [0.05, 0.1) is 12.8 Å². The van der Waals surface area contributed by atoms with Crippen LogP contribution in [0.3, 0.4) is 0 Å². The van der Waals surface area contributed by atoms with E-state index in [1.807, 2.05) is 37.9 Å². The molecule has 2 saturated heterocycles. The summed E-state index contributed by atoms with van der Waals surface area (Å²) in [5.41, 5.74) is -0.181. The molecule has 24 heavy (non-hydrogen) atoms. The average Bonchev–Trinajstić information content (AvgIpc) is 3.06. The van der Waals surface area contributed by atoms with Gasteiger partial charge in [-0.2, -0.15) is 0 Å². The number of furan rings is 1. The summed E-state index contributed by atoms with van der Waals surface area (Å²) in [5, 5.41) is 0. The Morgan fingerprint density at radius 2 is 2.08 bits per heavy atom. The highest BCUT2D eigenvalue weighted by Gasteiger charge is 2.46. The molecule has 2 aliphatic heterocycles. The maximum Gasteiger partial charge on any atom is 0.225 e. The number of carbonyl (C=O) groups is 2. The van der Waals surface area contributed by atoms with E-state index in [4.69, 9.17) is 4.42 Å². The predicted molar refractivity (Wildman–Crippen MR) is 90.1 cm³/mol. The lowest BCUT2D eigenvalue weighted by atomic mass is 9.85. The van der Waals surface area contributed by atoms with Gasteiger partial charge in [-0.15, -0.1) is 0 Å². The summed E-state index contributed by atoms with van der Waals surface area (Å²) < 4.78 is 5.48. The second-order valence-electron chi connectivity index (χ2n) is 7.63. The van der Waals surface area contributed by atoms with Gasteiger partial charge in [-0.25, -0.2) is 0 Å². The maximum atomic E-state index is 12.6. The van der Waals surface area contributed by atoms with Crippen molar-refractivity contribution in [3.8, 4) is 0 Å². The number of amides is 2. The summed E-state index contributed by atoms with van der Waals surface area (Å²) in [7, 11) is 1.85. The molecule has 2 fully saturated rings. The smallest absolute Gasteiger partial charge is 0.225 e. The number of hydrogen-bond acceptors (Lipinski definition) is 4. The van der Waals surface area contributed by atoms with Gasteiger partial charge >= 0.3 is 0 Å². The molecule has 6 heteroatoms. The van der Waals surface area contributed by atoms with Crippen LogP contribution in [0.2, 0.25) is 0 Å². The number of rotatable bonds is 3. The van der Waals surface area contributed by atoms with E-state index >= 15 is 0 Å². The van der Waals surface area contributed by atoms with Gasteiger partial charge in [-0.1, -0.05) is 13.8 Å². The Balaban J connectivity index is 1.81. The van der Waals surface area contributed by atoms with Crippen LogP contribution in [0.15, 0.2) is 22.8 Å². The summed E-state index contributed by atoms with van der Waals surface area (Å²) in [5.74, 6) is 1.25. The first-order chi connectivity index (χ1) is 11.4. The van der Waals surface area contributed by atoms with Crippen LogP contribution < -0.4 is 0 Å². The van der Waals surface area contributed by atoms with Crippen molar-refractivity contribution in [3.05, 3.63) is 24.2 Å². The van der Waals surface area contributed by atoms with E-state index in [0.717, 1.165) is 25.4 Å². The van der Waals surface area contributed by atoms with E-state index in [9.17, 15) is 9.59 Å². The van der Waals surface area contributed by atoms with Gasteiger partial charge in [0.25, 0.3) is 0 Å². The van der Waals surface area contributed by atoms with Gasteiger partial charge in [0, 0.05) is 57.5 Å². The van der Waals surface area contributed by atoms with E-state index in [1.54, 1.807) is 11.2 Å². The Morgan fingerprint density at radius 1 is 1.29 bits per heavy atom. The molecule has 0 saturated carbocycles. The van der Waals surface area contributed by atoms with Gasteiger partial charge in [-0.05, 0) is 12.1 Å². The van der Waals surface area contributed by atoms with Gasteiger partial charge in [0.2, 0.25) is 11.8 Å². The lowest BCUT2D eigenvalue weighted by molar-refractivity contribution is -0.135. The van der Waals surface area contributed by atoms with Crippen LogP contribution in [0, 0.1) is 11.3 Å². The first kappa shape index (κ1) is 17.0. The molecule has 1 atom stereocenters. The van der Waals surface area contributed by atoms with Gasteiger partial charge in [0.1, 0.15) is 5.76 Å². The fraction of sp³-hybridized carbons (Fsp3) is 0.667. The minimum absolute atomic E-state index is 0.0199. The third-order valence-electron chi connectivity index (χ3n) is 5.06. The van der Waals surface area contributed by atoms with Crippen LogP contribution in [0.25, 0.3) is 0 Å². The minimum Gasteiger partial charge on any atom is -0.468 e. The third-order valence-corrected chi connectivity index (χ3v) is 5.06. The van der Waals surface area contributed by atoms with E-state index in [2.05, 4.69) is 4.90 Å². The highest BCUT2D eigenvalue weighted by molar-refractivity contribution is 5.80. The summed E-state index contributed by atoms with van der Waals surface area (Å²) in [6.07, 6.45) is 2.20. The number of hydrogen-bond donors (Lipinski definition) is 0. The highest BCUT2D eigenvalue weighted by atomic mass is 16.3. The second-order valence-corrected chi connectivity index (χ2v) is 7.63. The molecular formula is C18H27N3O3. The van der Waals surface area contributed by atoms with E-state index < -0.39 is 0 Å². The Labute approximate surface area is 143 Å². The highest BCUT2D eigenvalue weighted by Crippen LogP contribution is 2.35. The molecule has 2 aliphatic rings. The Kier molecular flexibility index (Phi) is 4.67. The SMILES string of the molecule is CC(C)C(=O)N1CCN(Cc2ccco2)C[C@]2(CC(=O)N(C)C2)C1. The van der Waals surface area contributed by atoms with E-state index in [-0.39, 0.29) is 23.1 Å². The summed E-state index contributed by atoms with van der Waals surface area (Å²) in [4.78, 5) is 30.8. The summed E-state index contributed by atoms with van der Waals surface area (Å²) >= 11 is 0. The van der Waals surface area contributed by atoms with Crippen LogP contribution in [0.1, 0.15) is 26.0 Å². The molecule has 3 heterocycles. The molecular weight excluding hydrogens is 306 g/mol. The molecule has 3 rings (SSSR count). The zero-order valence-electron chi connectivity index (χ0n) is 14.8. The molecule has 0 aliphatic carbocycles. The molecule has 0 bridgehead atoms. The van der Waals surface area contributed by atoms with Gasteiger partial charge < -0.3 is 14.2 Å². The van der Waals surface area contributed by atoms with E-state index in [1.165, 1.54) is 0 Å². The monoisotopic (exact) mass is 333 g/mol. The zero-order chi connectivity index (χ0) is 17.3. The van der Waals surface area contributed by atoms with Crippen molar-refractivity contribution in [2.45, 2.75) is 26.8 Å². The second kappa shape index (κ2) is 6.59. The van der Waals surface area contributed by atoms with Crippen molar-refractivity contribution >= 4 is 11.8 Å². The first-order valence-corrected chi connectivity index (χ1v) is 8.66. The molecule has 132 valence electrons. The molecule has 0 unspecified atom stereocenters. The fourth-order valence-electron chi connectivity index (χ4n) is 3.98. The number of carbonyl (C=O) groups excluding carboxylic acids is 2. The lowest BCUT2D eigenvalue weighted by Gasteiger charge is -2.33. The molecule has 6 nitrogen and oxygen atoms in total. The van der Waals surface area contributed by atoms with Crippen LogP contribution in [-0.2, 0) is 16.1 Å². The number of likely N-dealkylation sites (tertiary alicyclic amines) is 1. The maximum absolute atomic E-state index is 12.6. The largest absolute Gasteiger partial charge is 0.468 e. The minimum atomic E-state index is -0.181. The van der Waals surface area contributed by atoms with Crippen molar-refractivity contribution in [1.82, 2.24) is 14.7 Å². The van der Waals surface area contributed by atoms with Crippen LogP contribution >= 0.6 is 0 Å². The molecule has 0 N–H and O–H groups in total. The molecule has 1 aromatic heterocycles. The molecule has 1 spiro atoms. The predicted octanol–water partition coefficient (Wildman–Crippen LogP) is 1.43. The Bertz CT molecular complexity index is 599. The Hall–Kier alpha value is -1.82. The van der Waals surface area contributed by atoms with Crippen molar-refractivity contribution < 1.29 is 14.0 Å². The normalized spacial score (nSPS) is 25.8.